The second kappa shape index (κ2) is 9.77. The summed E-state index contributed by atoms with van der Waals surface area (Å²) in [7, 11) is -3.58. The van der Waals surface area contributed by atoms with Gasteiger partial charge in [0.25, 0.3) is 11.6 Å². The van der Waals surface area contributed by atoms with Gasteiger partial charge >= 0.3 is 0 Å². The van der Waals surface area contributed by atoms with Crippen molar-refractivity contribution in [3.63, 3.8) is 0 Å². The number of rotatable bonds is 9. The molecule has 2 aromatic carbocycles. The minimum atomic E-state index is -3.58. The van der Waals surface area contributed by atoms with Gasteiger partial charge in [0.1, 0.15) is 5.69 Å². The molecule has 0 bridgehead atoms. The Morgan fingerprint density at radius 3 is 2.27 bits per heavy atom. The fourth-order valence-electron chi connectivity index (χ4n) is 3.26. The molecule has 3 amide bonds. The van der Waals surface area contributed by atoms with Crippen LogP contribution in [0.3, 0.4) is 0 Å². The van der Waals surface area contributed by atoms with Crippen molar-refractivity contribution >= 4 is 38.9 Å². The molecule has 0 saturated carbocycles. The molecule has 174 valence electrons. The first-order chi connectivity index (χ1) is 15.6. The van der Waals surface area contributed by atoms with E-state index in [2.05, 4.69) is 10.6 Å². The Morgan fingerprint density at radius 2 is 1.70 bits per heavy atom. The van der Waals surface area contributed by atoms with Crippen LogP contribution in [0.5, 0.6) is 0 Å². The van der Waals surface area contributed by atoms with E-state index < -0.39 is 14.8 Å². The van der Waals surface area contributed by atoms with Crippen LogP contribution < -0.4 is 10.6 Å². The molecule has 0 aliphatic carbocycles. The average Bonchev–Trinajstić information content (AvgIpc) is 3.08. The maximum atomic E-state index is 12.3. The van der Waals surface area contributed by atoms with Gasteiger partial charge in [0.05, 0.1) is 16.4 Å². The number of anilines is 1. The van der Waals surface area contributed by atoms with Crippen LogP contribution >= 0.6 is 0 Å². The minimum Gasteiger partial charge on any atom is -0.378 e. The van der Waals surface area contributed by atoms with Gasteiger partial charge in [-0.1, -0.05) is 12.1 Å². The second-order valence-electron chi connectivity index (χ2n) is 7.46. The summed E-state index contributed by atoms with van der Waals surface area (Å²) in [6.07, 6.45) is 1.41. The van der Waals surface area contributed by atoms with E-state index in [9.17, 15) is 32.9 Å². The topological polar surface area (TPSA) is 156 Å². The molecule has 0 unspecified atom stereocenters. The number of nitro benzene ring substituents is 1. The van der Waals surface area contributed by atoms with Crippen LogP contribution in [-0.4, -0.2) is 55.3 Å². The number of imide groups is 1. The summed E-state index contributed by atoms with van der Waals surface area (Å²) in [5, 5.41) is 16.8. The van der Waals surface area contributed by atoms with Crippen LogP contribution in [0.25, 0.3) is 0 Å². The summed E-state index contributed by atoms with van der Waals surface area (Å²) >= 11 is 0. The van der Waals surface area contributed by atoms with Crippen molar-refractivity contribution in [1.29, 1.82) is 0 Å². The molecule has 1 aliphatic heterocycles. The van der Waals surface area contributed by atoms with Crippen molar-refractivity contribution in [2.24, 2.45) is 0 Å². The molecule has 0 aromatic heterocycles. The Hall–Kier alpha value is -3.80. The Morgan fingerprint density at radius 1 is 1.06 bits per heavy atom. The summed E-state index contributed by atoms with van der Waals surface area (Å²) in [6.45, 7) is 0.491. The number of benzene rings is 2. The standard InChI is InChI=1S/C21H22N4O7S/c1-33(31,32)16-6-7-17(18(12-16)25(29)30)22-10-11-23-21(28)15-4-2-14(3-5-15)13-24-19(26)8-9-20(24)27/h2-7,12,22H,8-11,13H2,1H3,(H,23,28). The van der Waals surface area contributed by atoms with Gasteiger partial charge in [-0.25, -0.2) is 8.42 Å². The number of nitrogens with zero attached hydrogens (tertiary/aromatic N) is 2. The lowest BCUT2D eigenvalue weighted by Crippen LogP contribution is -2.29. The van der Waals surface area contributed by atoms with E-state index in [1.165, 1.54) is 17.0 Å². The van der Waals surface area contributed by atoms with E-state index in [1.807, 2.05) is 0 Å². The van der Waals surface area contributed by atoms with Crippen molar-refractivity contribution in [2.75, 3.05) is 24.7 Å². The molecule has 1 aliphatic rings. The summed E-state index contributed by atoms with van der Waals surface area (Å²) in [4.78, 5) is 47.3. The number of carbonyl (C=O) groups is 3. The molecule has 0 radical (unpaired) electrons. The number of hydrogen-bond donors (Lipinski definition) is 2. The predicted molar refractivity (Wildman–Crippen MR) is 118 cm³/mol. The second-order valence-corrected chi connectivity index (χ2v) is 9.48. The molecule has 0 spiro atoms. The van der Waals surface area contributed by atoms with Gasteiger partial charge in [0.15, 0.2) is 9.84 Å². The molecule has 33 heavy (non-hydrogen) atoms. The number of carbonyl (C=O) groups excluding carboxylic acids is 3. The van der Waals surface area contributed by atoms with Crippen molar-refractivity contribution in [1.82, 2.24) is 10.2 Å². The molecular formula is C21H22N4O7S. The average molecular weight is 474 g/mol. The summed E-state index contributed by atoms with van der Waals surface area (Å²) in [5.74, 6) is -0.778. The molecule has 3 rings (SSSR count). The zero-order valence-electron chi connectivity index (χ0n) is 17.7. The van der Waals surface area contributed by atoms with Crippen LogP contribution in [0.15, 0.2) is 47.4 Å². The van der Waals surface area contributed by atoms with Crippen molar-refractivity contribution in [2.45, 2.75) is 24.3 Å². The number of nitrogens with one attached hydrogen (secondary N) is 2. The lowest BCUT2D eigenvalue weighted by atomic mass is 10.1. The van der Waals surface area contributed by atoms with Crippen molar-refractivity contribution < 1.29 is 27.7 Å². The molecule has 1 saturated heterocycles. The molecule has 1 heterocycles. The highest BCUT2D eigenvalue weighted by molar-refractivity contribution is 7.90. The highest BCUT2D eigenvalue weighted by Gasteiger charge is 2.28. The number of hydrogen-bond acceptors (Lipinski definition) is 8. The van der Waals surface area contributed by atoms with E-state index in [-0.39, 0.29) is 66.5 Å². The summed E-state index contributed by atoms with van der Waals surface area (Å²) in [5.41, 5.74) is 0.856. The Labute approximate surface area is 189 Å². The minimum absolute atomic E-state index is 0.136. The van der Waals surface area contributed by atoms with Crippen LogP contribution in [0.2, 0.25) is 0 Å². The first-order valence-electron chi connectivity index (χ1n) is 9.99. The Balaban J connectivity index is 1.53. The highest BCUT2D eigenvalue weighted by atomic mass is 32.2. The van der Waals surface area contributed by atoms with E-state index in [1.54, 1.807) is 24.3 Å². The molecule has 12 heteroatoms. The van der Waals surface area contributed by atoms with Crippen LogP contribution in [0.4, 0.5) is 11.4 Å². The van der Waals surface area contributed by atoms with E-state index in [4.69, 9.17) is 0 Å². The van der Waals surface area contributed by atoms with Crippen molar-refractivity contribution in [3.8, 4) is 0 Å². The Kier molecular flexibility index (Phi) is 7.07. The zero-order chi connectivity index (χ0) is 24.2. The van der Waals surface area contributed by atoms with Gasteiger partial charge in [-0.2, -0.15) is 0 Å². The molecule has 2 aromatic rings. The van der Waals surface area contributed by atoms with Crippen molar-refractivity contribution in [3.05, 3.63) is 63.7 Å². The highest BCUT2D eigenvalue weighted by Crippen LogP contribution is 2.27. The summed E-state index contributed by atoms with van der Waals surface area (Å²) < 4.78 is 23.2. The maximum absolute atomic E-state index is 12.3. The van der Waals surface area contributed by atoms with E-state index in [0.717, 1.165) is 17.9 Å². The largest absolute Gasteiger partial charge is 0.378 e. The molecule has 1 fully saturated rings. The number of amides is 3. The third kappa shape index (κ3) is 5.92. The maximum Gasteiger partial charge on any atom is 0.293 e. The van der Waals surface area contributed by atoms with Crippen LogP contribution in [0.1, 0.15) is 28.8 Å². The first-order valence-corrected chi connectivity index (χ1v) is 11.9. The lowest BCUT2D eigenvalue weighted by molar-refractivity contribution is -0.384. The third-order valence-corrected chi connectivity index (χ3v) is 6.14. The third-order valence-electron chi connectivity index (χ3n) is 5.03. The normalized spacial score (nSPS) is 13.8. The monoisotopic (exact) mass is 474 g/mol. The van der Waals surface area contributed by atoms with Gasteiger partial charge in [-0.05, 0) is 29.8 Å². The molecular weight excluding hydrogens is 452 g/mol. The van der Waals surface area contributed by atoms with Crippen LogP contribution in [0, 0.1) is 10.1 Å². The fraction of sp³-hybridized carbons (Fsp3) is 0.286. The van der Waals surface area contributed by atoms with Gasteiger partial charge in [0, 0.05) is 43.8 Å². The Bertz CT molecular complexity index is 1190. The zero-order valence-corrected chi connectivity index (χ0v) is 18.6. The molecule has 11 nitrogen and oxygen atoms in total. The first kappa shape index (κ1) is 23.9. The number of likely N-dealkylation sites (tertiary alicyclic amines) is 1. The van der Waals surface area contributed by atoms with Crippen LogP contribution in [-0.2, 0) is 26.0 Å². The molecule has 0 atom stereocenters. The van der Waals surface area contributed by atoms with E-state index in [0.29, 0.717) is 5.56 Å². The van der Waals surface area contributed by atoms with Gasteiger partial charge < -0.3 is 10.6 Å². The van der Waals surface area contributed by atoms with E-state index >= 15 is 0 Å². The van der Waals surface area contributed by atoms with Gasteiger partial charge in [-0.3, -0.25) is 29.4 Å². The summed E-state index contributed by atoms with van der Waals surface area (Å²) in [6, 6.07) is 10.1. The number of sulfone groups is 1. The molecule has 2 N–H and O–H groups in total. The van der Waals surface area contributed by atoms with Gasteiger partial charge in [0.2, 0.25) is 11.8 Å². The lowest BCUT2D eigenvalue weighted by Gasteiger charge is -2.14. The quantitative estimate of drug-likeness (QED) is 0.240. The van der Waals surface area contributed by atoms with Gasteiger partial charge in [-0.15, -0.1) is 0 Å². The predicted octanol–water partition coefficient (Wildman–Crippen LogP) is 1.49. The smallest absolute Gasteiger partial charge is 0.293 e. The SMILES string of the molecule is CS(=O)(=O)c1ccc(NCCNC(=O)c2ccc(CN3C(=O)CCC3=O)cc2)c([N+](=O)[O-])c1. The number of nitro groups is 1. The fourth-order valence-corrected chi connectivity index (χ4v) is 3.90.